The van der Waals surface area contributed by atoms with Crippen LogP contribution in [0.1, 0.15) is 37.1 Å². The predicted molar refractivity (Wildman–Crippen MR) is 69.7 cm³/mol. The van der Waals surface area contributed by atoms with E-state index in [0.29, 0.717) is 25.4 Å². The summed E-state index contributed by atoms with van der Waals surface area (Å²) in [7, 11) is -3.01. The van der Waals surface area contributed by atoms with Crippen molar-refractivity contribution in [3.05, 3.63) is 16.6 Å². The Labute approximate surface area is 107 Å². The number of aromatic nitrogens is 1. The SMILES string of the molecule is CCCS(=O)(=O)N1CCC(c2nccs2)CC1. The van der Waals surface area contributed by atoms with Gasteiger partial charge in [-0.1, -0.05) is 6.92 Å². The second-order valence-corrected chi connectivity index (χ2v) is 7.37. The molecule has 1 aromatic rings. The van der Waals surface area contributed by atoms with E-state index in [2.05, 4.69) is 4.98 Å². The average molecular weight is 274 g/mol. The molecule has 0 amide bonds. The molecule has 1 saturated heterocycles. The highest BCUT2D eigenvalue weighted by molar-refractivity contribution is 7.89. The maximum absolute atomic E-state index is 11.9. The van der Waals surface area contributed by atoms with Gasteiger partial charge in [-0.2, -0.15) is 0 Å². The standard InChI is InChI=1S/C11H18N2O2S2/c1-2-9-17(14,15)13-6-3-10(4-7-13)11-12-5-8-16-11/h5,8,10H,2-4,6-7,9H2,1H3. The van der Waals surface area contributed by atoms with Crippen LogP contribution in [0.25, 0.3) is 0 Å². The highest BCUT2D eigenvalue weighted by atomic mass is 32.2. The molecular weight excluding hydrogens is 256 g/mol. The summed E-state index contributed by atoms with van der Waals surface area (Å²) in [5.74, 6) is 0.720. The molecule has 0 radical (unpaired) electrons. The number of hydrogen-bond donors (Lipinski definition) is 0. The molecule has 1 aromatic heterocycles. The van der Waals surface area contributed by atoms with Crippen LogP contribution in [-0.2, 0) is 10.0 Å². The summed E-state index contributed by atoms with van der Waals surface area (Å²) in [4.78, 5) is 4.31. The van der Waals surface area contributed by atoms with Gasteiger partial charge in [-0.3, -0.25) is 0 Å². The van der Waals surface area contributed by atoms with Gasteiger partial charge in [0.15, 0.2) is 0 Å². The quantitative estimate of drug-likeness (QED) is 0.844. The van der Waals surface area contributed by atoms with E-state index < -0.39 is 10.0 Å². The fourth-order valence-corrected chi connectivity index (χ4v) is 4.56. The molecule has 17 heavy (non-hydrogen) atoms. The summed E-state index contributed by atoms with van der Waals surface area (Å²) in [6.45, 7) is 3.19. The third-order valence-electron chi connectivity index (χ3n) is 3.11. The van der Waals surface area contributed by atoms with Crippen molar-refractivity contribution in [2.75, 3.05) is 18.8 Å². The number of thiazole rings is 1. The number of sulfonamides is 1. The highest BCUT2D eigenvalue weighted by Crippen LogP contribution is 2.30. The van der Waals surface area contributed by atoms with Crippen molar-refractivity contribution in [3.8, 4) is 0 Å². The molecule has 1 aliphatic rings. The molecule has 0 aliphatic carbocycles. The van der Waals surface area contributed by atoms with Crippen LogP contribution < -0.4 is 0 Å². The lowest BCUT2D eigenvalue weighted by Gasteiger charge is -2.30. The number of piperidine rings is 1. The molecule has 0 aromatic carbocycles. The van der Waals surface area contributed by atoms with Gasteiger partial charge in [0, 0.05) is 30.6 Å². The van der Waals surface area contributed by atoms with E-state index in [-0.39, 0.29) is 5.75 Å². The molecule has 1 aliphatic heterocycles. The Balaban J connectivity index is 1.94. The summed E-state index contributed by atoms with van der Waals surface area (Å²) in [6.07, 6.45) is 4.31. The summed E-state index contributed by atoms with van der Waals surface area (Å²) < 4.78 is 25.4. The van der Waals surface area contributed by atoms with Crippen molar-refractivity contribution in [2.24, 2.45) is 0 Å². The minimum absolute atomic E-state index is 0.273. The van der Waals surface area contributed by atoms with Crippen LogP contribution in [0.15, 0.2) is 11.6 Å². The normalized spacial score (nSPS) is 19.6. The Hall–Kier alpha value is -0.460. The van der Waals surface area contributed by atoms with Crippen LogP contribution in [0.4, 0.5) is 0 Å². The van der Waals surface area contributed by atoms with Crippen molar-refractivity contribution in [2.45, 2.75) is 32.1 Å². The van der Waals surface area contributed by atoms with Gasteiger partial charge in [0.05, 0.1) is 10.8 Å². The van der Waals surface area contributed by atoms with Crippen molar-refractivity contribution in [1.82, 2.24) is 9.29 Å². The lowest BCUT2D eigenvalue weighted by molar-refractivity contribution is 0.319. The average Bonchev–Trinajstić information content (AvgIpc) is 2.82. The Morgan fingerprint density at radius 2 is 2.18 bits per heavy atom. The first-order valence-corrected chi connectivity index (χ1v) is 8.49. The fraction of sp³-hybridized carbons (Fsp3) is 0.727. The molecule has 0 bridgehead atoms. The van der Waals surface area contributed by atoms with Gasteiger partial charge in [-0.25, -0.2) is 17.7 Å². The first-order chi connectivity index (χ1) is 8.13. The minimum Gasteiger partial charge on any atom is -0.249 e. The second-order valence-electron chi connectivity index (χ2n) is 4.36. The van der Waals surface area contributed by atoms with E-state index in [0.717, 1.165) is 17.8 Å². The smallest absolute Gasteiger partial charge is 0.214 e. The van der Waals surface area contributed by atoms with Gasteiger partial charge < -0.3 is 0 Å². The van der Waals surface area contributed by atoms with Crippen LogP contribution in [0, 0.1) is 0 Å². The van der Waals surface area contributed by atoms with Crippen LogP contribution in [-0.4, -0.2) is 36.5 Å². The third kappa shape index (κ3) is 3.05. The fourth-order valence-electron chi connectivity index (χ4n) is 2.20. The molecule has 1 fully saturated rings. The molecule has 4 nitrogen and oxygen atoms in total. The van der Waals surface area contributed by atoms with E-state index in [4.69, 9.17) is 0 Å². The lowest BCUT2D eigenvalue weighted by atomic mass is 9.99. The van der Waals surface area contributed by atoms with E-state index in [9.17, 15) is 8.42 Å². The molecule has 0 atom stereocenters. The van der Waals surface area contributed by atoms with Gasteiger partial charge in [0.25, 0.3) is 0 Å². The molecule has 0 spiro atoms. The van der Waals surface area contributed by atoms with E-state index in [1.807, 2.05) is 18.5 Å². The van der Waals surface area contributed by atoms with Crippen LogP contribution in [0.2, 0.25) is 0 Å². The van der Waals surface area contributed by atoms with Crippen LogP contribution >= 0.6 is 11.3 Å². The van der Waals surface area contributed by atoms with Gasteiger partial charge in [-0.15, -0.1) is 11.3 Å². The molecule has 0 saturated carbocycles. The zero-order chi connectivity index (χ0) is 12.3. The summed E-state index contributed by atoms with van der Waals surface area (Å²) >= 11 is 1.67. The lowest BCUT2D eigenvalue weighted by Crippen LogP contribution is -2.39. The summed E-state index contributed by atoms with van der Waals surface area (Å²) in [6, 6.07) is 0. The van der Waals surface area contributed by atoms with E-state index in [1.54, 1.807) is 15.6 Å². The monoisotopic (exact) mass is 274 g/mol. The number of hydrogen-bond acceptors (Lipinski definition) is 4. The highest BCUT2D eigenvalue weighted by Gasteiger charge is 2.28. The summed E-state index contributed by atoms with van der Waals surface area (Å²) in [5, 5.41) is 3.13. The first kappa shape index (κ1) is 13.0. The van der Waals surface area contributed by atoms with Crippen LogP contribution in [0.5, 0.6) is 0 Å². The van der Waals surface area contributed by atoms with Gasteiger partial charge in [0.2, 0.25) is 10.0 Å². The molecule has 0 unspecified atom stereocenters. The third-order valence-corrected chi connectivity index (χ3v) is 6.12. The zero-order valence-corrected chi connectivity index (χ0v) is 11.6. The second kappa shape index (κ2) is 5.46. The maximum Gasteiger partial charge on any atom is 0.214 e. The predicted octanol–water partition coefficient (Wildman–Crippen LogP) is 2.06. The Kier molecular flexibility index (Phi) is 4.17. The molecule has 2 rings (SSSR count). The molecular formula is C11H18N2O2S2. The molecule has 0 N–H and O–H groups in total. The van der Waals surface area contributed by atoms with Crippen molar-refractivity contribution < 1.29 is 8.42 Å². The topological polar surface area (TPSA) is 50.3 Å². The minimum atomic E-state index is -3.01. The zero-order valence-electron chi connectivity index (χ0n) is 10.0. The van der Waals surface area contributed by atoms with Crippen LogP contribution in [0.3, 0.4) is 0 Å². The first-order valence-electron chi connectivity index (χ1n) is 6.00. The molecule has 6 heteroatoms. The number of nitrogens with zero attached hydrogens (tertiary/aromatic N) is 2. The van der Waals surface area contributed by atoms with Crippen molar-refractivity contribution >= 4 is 21.4 Å². The Morgan fingerprint density at radius 1 is 1.47 bits per heavy atom. The van der Waals surface area contributed by atoms with Gasteiger partial charge in [0.1, 0.15) is 0 Å². The largest absolute Gasteiger partial charge is 0.249 e. The van der Waals surface area contributed by atoms with Gasteiger partial charge in [-0.05, 0) is 19.3 Å². The molecule has 2 heterocycles. The molecule has 96 valence electrons. The van der Waals surface area contributed by atoms with E-state index >= 15 is 0 Å². The van der Waals surface area contributed by atoms with Crippen molar-refractivity contribution in [3.63, 3.8) is 0 Å². The van der Waals surface area contributed by atoms with Crippen molar-refractivity contribution in [1.29, 1.82) is 0 Å². The maximum atomic E-state index is 11.9. The summed E-state index contributed by atoms with van der Waals surface area (Å²) in [5.41, 5.74) is 0. The Bertz CT molecular complexity index is 434. The Morgan fingerprint density at radius 3 is 2.71 bits per heavy atom. The number of rotatable bonds is 4. The van der Waals surface area contributed by atoms with E-state index in [1.165, 1.54) is 0 Å². The van der Waals surface area contributed by atoms with Gasteiger partial charge >= 0.3 is 0 Å².